The first-order chi connectivity index (χ1) is 9.76. The number of hydrogen-bond acceptors (Lipinski definition) is 4. The van der Waals surface area contributed by atoms with Crippen molar-refractivity contribution in [3.63, 3.8) is 0 Å². The summed E-state index contributed by atoms with van der Waals surface area (Å²) in [4.78, 5) is 12.0. The van der Waals surface area contributed by atoms with Crippen molar-refractivity contribution in [3.8, 4) is 11.5 Å². The van der Waals surface area contributed by atoms with Crippen molar-refractivity contribution < 1.29 is 14.3 Å². The molecule has 1 aromatic rings. The van der Waals surface area contributed by atoms with E-state index < -0.39 is 0 Å². The molecule has 2 N–H and O–H groups in total. The van der Waals surface area contributed by atoms with Crippen LogP contribution in [0.3, 0.4) is 0 Å². The van der Waals surface area contributed by atoms with Gasteiger partial charge in [0, 0.05) is 24.6 Å². The fourth-order valence-corrected chi connectivity index (χ4v) is 1.96. The van der Waals surface area contributed by atoms with Gasteiger partial charge in [0.15, 0.2) is 0 Å². The largest absolute Gasteiger partial charge is 0.495 e. The van der Waals surface area contributed by atoms with E-state index in [9.17, 15) is 4.79 Å². The van der Waals surface area contributed by atoms with Crippen molar-refractivity contribution in [1.29, 1.82) is 0 Å². The third kappa shape index (κ3) is 5.81. The summed E-state index contributed by atoms with van der Waals surface area (Å²) in [5.74, 6) is 0.903. The molecule has 0 saturated carbocycles. The molecule has 1 aromatic carbocycles. The predicted molar refractivity (Wildman–Crippen MR) is 85.6 cm³/mol. The number of hydrogen-bond donors (Lipinski definition) is 2. The number of carbonyl (C=O) groups excluding carboxylic acids is 1. The Morgan fingerprint density at radius 2 is 1.81 bits per heavy atom. The SMILES string of the molecule is COc1cc(OC)c(NC(=O)CCNC(C)(C)C)cc1Cl. The second kappa shape index (κ2) is 7.52. The predicted octanol–water partition coefficient (Wildman–Crippen LogP) is 3.07. The highest BCUT2D eigenvalue weighted by atomic mass is 35.5. The van der Waals surface area contributed by atoms with E-state index in [0.717, 1.165) is 0 Å². The quantitative estimate of drug-likeness (QED) is 0.847. The number of carbonyl (C=O) groups is 1. The third-order valence-corrected chi connectivity index (χ3v) is 3.05. The fraction of sp³-hybridized carbons (Fsp3) is 0.533. The Kier molecular flexibility index (Phi) is 6.30. The maximum atomic E-state index is 12.0. The van der Waals surface area contributed by atoms with Crippen LogP contribution in [0.2, 0.25) is 5.02 Å². The van der Waals surface area contributed by atoms with Gasteiger partial charge in [-0.25, -0.2) is 0 Å². The maximum absolute atomic E-state index is 12.0. The van der Waals surface area contributed by atoms with Gasteiger partial charge >= 0.3 is 0 Å². The van der Waals surface area contributed by atoms with Crippen molar-refractivity contribution in [2.75, 3.05) is 26.1 Å². The molecule has 0 aliphatic heterocycles. The molecule has 21 heavy (non-hydrogen) atoms. The molecule has 0 bridgehead atoms. The second-order valence-electron chi connectivity index (χ2n) is 5.66. The summed E-state index contributed by atoms with van der Waals surface area (Å²) in [6.07, 6.45) is 0.365. The molecule has 0 heterocycles. The Balaban J connectivity index is 2.69. The normalized spacial score (nSPS) is 11.1. The first kappa shape index (κ1) is 17.6. The van der Waals surface area contributed by atoms with Crippen molar-refractivity contribution >= 4 is 23.2 Å². The van der Waals surface area contributed by atoms with E-state index in [1.807, 2.05) is 0 Å². The van der Waals surface area contributed by atoms with Gasteiger partial charge in [0.2, 0.25) is 5.91 Å². The average Bonchev–Trinajstić information content (AvgIpc) is 2.37. The number of benzene rings is 1. The Hall–Kier alpha value is -1.46. The summed E-state index contributed by atoms with van der Waals surface area (Å²) in [6, 6.07) is 3.26. The lowest BCUT2D eigenvalue weighted by Gasteiger charge is -2.20. The lowest BCUT2D eigenvalue weighted by atomic mass is 10.1. The van der Waals surface area contributed by atoms with Crippen LogP contribution in [-0.4, -0.2) is 32.2 Å². The van der Waals surface area contributed by atoms with Crippen LogP contribution in [0.4, 0.5) is 5.69 Å². The van der Waals surface area contributed by atoms with E-state index in [1.54, 1.807) is 12.1 Å². The van der Waals surface area contributed by atoms with Crippen LogP contribution >= 0.6 is 11.6 Å². The van der Waals surface area contributed by atoms with Crippen LogP contribution in [0.5, 0.6) is 11.5 Å². The Bertz CT molecular complexity index is 498. The maximum Gasteiger partial charge on any atom is 0.225 e. The van der Waals surface area contributed by atoms with E-state index in [0.29, 0.717) is 35.2 Å². The van der Waals surface area contributed by atoms with Crippen LogP contribution in [0.15, 0.2) is 12.1 Å². The van der Waals surface area contributed by atoms with Gasteiger partial charge in [0.25, 0.3) is 0 Å². The zero-order valence-corrected chi connectivity index (χ0v) is 13.9. The Morgan fingerprint density at radius 3 is 2.33 bits per heavy atom. The molecule has 1 rings (SSSR count). The molecule has 0 fully saturated rings. The highest BCUT2D eigenvalue weighted by molar-refractivity contribution is 6.32. The number of ether oxygens (including phenoxy) is 2. The standard InChI is InChI=1S/C15H23ClN2O3/c1-15(2,3)17-7-6-14(19)18-11-8-10(16)12(20-4)9-13(11)21-5/h8-9,17H,6-7H2,1-5H3,(H,18,19). The molecular formula is C15H23ClN2O3. The van der Waals surface area contributed by atoms with Crippen LogP contribution < -0.4 is 20.1 Å². The van der Waals surface area contributed by atoms with Gasteiger partial charge in [-0.15, -0.1) is 0 Å². The van der Waals surface area contributed by atoms with Gasteiger partial charge in [0.1, 0.15) is 11.5 Å². The molecular weight excluding hydrogens is 292 g/mol. The summed E-state index contributed by atoms with van der Waals surface area (Å²) in [5.41, 5.74) is 0.519. The van der Waals surface area contributed by atoms with E-state index in [4.69, 9.17) is 21.1 Å². The molecule has 0 aliphatic carbocycles. The number of amides is 1. The van der Waals surface area contributed by atoms with Gasteiger partial charge < -0.3 is 20.1 Å². The molecule has 118 valence electrons. The lowest BCUT2D eigenvalue weighted by molar-refractivity contribution is -0.116. The van der Waals surface area contributed by atoms with Crippen LogP contribution in [0.25, 0.3) is 0 Å². The molecule has 0 aromatic heterocycles. The van der Waals surface area contributed by atoms with E-state index >= 15 is 0 Å². The van der Waals surface area contributed by atoms with Gasteiger partial charge in [0.05, 0.1) is 24.9 Å². The van der Waals surface area contributed by atoms with Crippen LogP contribution in [0.1, 0.15) is 27.2 Å². The van der Waals surface area contributed by atoms with Crippen molar-refractivity contribution in [3.05, 3.63) is 17.2 Å². The summed E-state index contributed by atoms with van der Waals surface area (Å²) in [5, 5.41) is 6.47. The third-order valence-electron chi connectivity index (χ3n) is 2.76. The monoisotopic (exact) mass is 314 g/mol. The van der Waals surface area contributed by atoms with E-state index in [1.165, 1.54) is 14.2 Å². The van der Waals surface area contributed by atoms with Gasteiger partial charge in [-0.2, -0.15) is 0 Å². The number of methoxy groups -OCH3 is 2. The van der Waals surface area contributed by atoms with E-state index in [2.05, 4.69) is 31.4 Å². The highest BCUT2D eigenvalue weighted by Gasteiger charge is 2.13. The number of rotatable bonds is 6. The Labute approximate surface area is 131 Å². The zero-order chi connectivity index (χ0) is 16.0. The van der Waals surface area contributed by atoms with Gasteiger partial charge in [-0.3, -0.25) is 4.79 Å². The van der Waals surface area contributed by atoms with Gasteiger partial charge in [-0.1, -0.05) is 11.6 Å². The first-order valence-electron chi connectivity index (χ1n) is 6.73. The molecule has 0 saturated heterocycles. The summed E-state index contributed by atoms with van der Waals surface area (Å²) >= 11 is 6.06. The molecule has 1 amide bonds. The first-order valence-corrected chi connectivity index (χ1v) is 7.11. The second-order valence-corrected chi connectivity index (χ2v) is 6.07. The molecule has 0 unspecified atom stereocenters. The van der Waals surface area contributed by atoms with Crippen molar-refractivity contribution in [2.45, 2.75) is 32.7 Å². The lowest BCUT2D eigenvalue weighted by Crippen LogP contribution is -2.37. The van der Waals surface area contributed by atoms with Crippen molar-refractivity contribution in [1.82, 2.24) is 5.32 Å². The number of anilines is 1. The topological polar surface area (TPSA) is 59.6 Å². The summed E-state index contributed by atoms with van der Waals surface area (Å²) in [6.45, 7) is 6.76. The number of halogens is 1. The smallest absolute Gasteiger partial charge is 0.225 e. The number of nitrogens with one attached hydrogen (secondary N) is 2. The van der Waals surface area contributed by atoms with Crippen LogP contribution in [-0.2, 0) is 4.79 Å². The molecule has 0 spiro atoms. The van der Waals surface area contributed by atoms with Crippen LogP contribution in [0, 0.1) is 0 Å². The van der Waals surface area contributed by atoms with Gasteiger partial charge in [-0.05, 0) is 26.8 Å². The average molecular weight is 315 g/mol. The zero-order valence-electron chi connectivity index (χ0n) is 13.2. The highest BCUT2D eigenvalue weighted by Crippen LogP contribution is 2.35. The van der Waals surface area contributed by atoms with Crippen molar-refractivity contribution in [2.24, 2.45) is 0 Å². The molecule has 0 radical (unpaired) electrons. The minimum absolute atomic E-state index is 0.0125. The molecule has 0 atom stereocenters. The Morgan fingerprint density at radius 1 is 1.19 bits per heavy atom. The minimum atomic E-state index is -0.105. The summed E-state index contributed by atoms with van der Waals surface area (Å²) < 4.78 is 10.3. The molecule has 5 nitrogen and oxygen atoms in total. The summed E-state index contributed by atoms with van der Waals surface area (Å²) in [7, 11) is 3.05. The molecule has 6 heteroatoms. The van der Waals surface area contributed by atoms with E-state index in [-0.39, 0.29) is 11.4 Å². The minimum Gasteiger partial charge on any atom is -0.495 e. The molecule has 0 aliphatic rings. The fourth-order valence-electron chi connectivity index (χ4n) is 1.72.